The first-order chi connectivity index (χ1) is 20.9. The van der Waals surface area contributed by atoms with E-state index < -0.39 is 17.8 Å². The van der Waals surface area contributed by atoms with E-state index in [1.165, 1.54) is 46.7 Å². The molecule has 2 heterocycles. The van der Waals surface area contributed by atoms with Crippen LogP contribution >= 0.6 is 0 Å². The van der Waals surface area contributed by atoms with E-state index >= 15 is 0 Å². The molecule has 0 bridgehead atoms. The molecule has 10 heteroatoms. The molecule has 2 amide bonds. The third kappa shape index (κ3) is 6.68. The Labute approximate surface area is 250 Å². The molecule has 2 aromatic heterocycles. The van der Waals surface area contributed by atoms with Gasteiger partial charge < -0.3 is 9.73 Å². The lowest BCUT2D eigenvalue weighted by atomic mass is 9.84. The van der Waals surface area contributed by atoms with E-state index in [4.69, 9.17) is 4.42 Å². The molecule has 4 aromatic rings. The Bertz CT molecular complexity index is 1540. The van der Waals surface area contributed by atoms with Gasteiger partial charge in [0, 0.05) is 11.7 Å². The number of anilines is 1. The Morgan fingerprint density at radius 1 is 0.953 bits per heavy atom. The molecule has 0 unspecified atom stereocenters. The maximum absolute atomic E-state index is 14.2. The van der Waals surface area contributed by atoms with Crippen LogP contribution in [-0.4, -0.2) is 38.1 Å². The van der Waals surface area contributed by atoms with Gasteiger partial charge in [0.15, 0.2) is 5.76 Å². The van der Waals surface area contributed by atoms with Crippen LogP contribution in [0.4, 0.5) is 10.1 Å². The lowest BCUT2D eigenvalue weighted by Gasteiger charge is -2.32. The Morgan fingerprint density at radius 2 is 1.65 bits per heavy atom. The summed E-state index contributed by atoms with van der Waals surface area (Å²) in [5.74, 6) is 0.794. The van der Waals surface area contributed by atoms with E-state index in [9.17, 15) is 14.0 Å². The highest BCUT2D eigenvalue weighted by molar-refractivity contribution is 6.01. The average molecular weight is 585 g/mol. The number of hydrogen-bond donors (Lipinski definition) is 1. The molecule has 0 spiro atoms. The molecule has 1 N–H and O–H groups in total. The van der Waals surface area contributed by atoms with Crippen LogP contribution in [0.2, 0.25) is 0 Å². The van der Waals surface area contributed by atoms with Gasteiger partial charge in [-0.1, -0.05) is 56.4 Å². The number of carbonyl (C=O) groups excluding carboxylic acids is 2. The minimum absolute atomic E-state index is 0.0392. The fourth-order valence-electron chi connectivity index (χ4n) is 6.35. The van der Waals surface area contributed by atoms with Gasteiger partial charge in [-0.05, 0) is 91.3 Å². The van der Waals surface area contributed by atoms with Gasteiger partial charge >= 0.3 is 0 Å². The first-order valence-corrected chi connectivity index (χ1v) is 15.3. The van der Waals surface area contributed by atoms with Gasteiger partial charge in [0.25, 0.3) is 5.91 Å². The third-order valence-corrected chi connectivity index (χ3v) is 8.60. The predicted molar refractivity (Wildman–Crippen MR) is 160 cm³/mol. The van der Waals surface area contributed by atoms with Gasteiger partial charge in [-0.2, -0.15) is 4.80 Å². The first-order valence-electron chi connectivity index (χ1n) is 15.3. The molecule has 0 radical (unpaired) electrons. The number of halogens is 1. The van der Waals surface area contributed by atoms with E-state index in [0.717, 1.165) is 38.5 Å². The molecular weight excluding hydrogens is 547 g/mol. The molecular formula is C33H37FN6O3. The summed E-state index contributed by atoms with van der Waals surface area (Å²) in [5.41, 5.74) is 2.32. The van der Waals surface area contributed by atoms with E-state index in [-0.39, 0.29) is 24.3 Å². The largest absolute Gasteiger partial charge is 0.458 e. The molecule has 0 saturated heterocycles. The standard InChI is InChI=1S/C33H37FN6O3/c1-22-11-20-29(43-22)32-36-38-39(37-32)21-30(41)40(28-18-14-24(15-19-28)23-7-3-2-4-8-23)31(25-12-16-26(34)17-13-25)33(42)35-27-9-5-6-10-27/h11-20,23,27,31H,2-10,21H2,1H3,(H,35,42)/t31-/m1/s1. The Balaban J connectivity index is 1.35. The first kappa shape index (κ1) is 28.8. The molecule has 2 aromatic carbocycles. The summed E-state index contributed by atoms with van der Waals surface area (Å²) in [6.07, 6.45) is 9.89. The van der Waals surface area contributed by atoms with Crippen molar-refractivity contribution in [2.24, 2.45) is 0 Å². The Hall–Kier alpha value is -4.34. The molecule has 2 fully saturated rings. The second-order valence-electron chi connectivity index (χ2n) is 11.7. The molecule has 1 atom stereocenters. The van der Waals surface area contributed by atoms with E-state index in [2.05, 4.69) is 32.9 Å². The number of amides is 2. The molecule has 6 rings (SSSR count). The molecule has 2 aliphatic rings. The molecule has 0 aliphatic heterocycles. The van der Waals surface area contributed by atoms with Gasteiger partial charge in [0.1, 0.15) is 24.2 Å². The van der Waals surface area contributed by atoms with Crippen molar-refractivity contribution in [3.8, 4) is 11.6 Å². The number of tetrazole rings is 1. The van der Waals surface area contributed by atoms with Crippen molar-refractivity contribution >= 4 is 17.5 Å². The molecule has 43 heavy (non-hydrogen) atoms. The fraction of sp³-hybridized carbons (Fsp3) is 0.424. The van der Waals surface area contributed by atoms with Crippen molar-refractivity contribution in [3.63, 3.8) is 0 Å². The minimum atomic E-state index is -1.02. The van der Waals surface area contributed by atoms with Crippen molar-refractivity contribution in [2.45, 2.75) is 89.3 Å². The maximum atomic E-state index is 14.2. The second kappa shape index (κ2) is 12.9. The van der Waals surface area contributed by atoms with Crippen LogP contribution in [0.1, 0.15) is 86.6 Å². The lowest BCUT2D eigenvalue weighted by Crippen LogP contribution is -2.47. The number of aryl methyl sites for hydroxylation is 1. The minimum Gasteiger partial charge on any atom is -0.458 e. The fourth-order valence-corrected chi connectivity index (χ4v) is 6.35. The normalized spacial score (nSPS) is 16.7. The van der Waals surface area contributed by atoms with Gasteiger partial charge in [-0.15, -0.1) is 10.2 Å². The van der Waals surface area contributed by atoms with Gasteiger partial charge in [-0.3, -0.25) is 14.5 Å². The Kier molecular flexibility index (Phi) is 8.62. The number of furan rings is 1. The predicted octanol–water partition coefficient (Wildman–Crippen LogP) is 6.26. The van der Waals surface area contributed by atoms with Crippen molar-refractivity contribution in [1.82, 2.24) is 25.5 Å². The van der Waals surface area contributed by atoms with E-state index in [0.29, 0.717) is 28.7 Å². The van der Waals surface area contributed by atoms with Gasteiger partial charge in [0.2, 0.25) is 11.7 Å². The van der Waals surface area contributed by atoms with E-state index in [1.807, 2.05) is 19.1 Å². The summed E-state index contributed by atoms with van der Waals surface area (Å²) >= 11 is 0. The highest BCUT2D eigenvalue weighted by Crippen LogP contribution is 2.35. The van der Waals surface area contributed by atoms with Crippen LogP contribution in [-0.2, 0) is 16.1 Å². The van der Waals surface area contributed by atoms with Gasteiger partial charge in [-0.25, -0.2) is 4.39 Å². The number of rotatable bonds is 9. The van der Waals surface area contributed by atoms with E-state index in [1.54, 1.807) is 24.3 Å². The number of carbonyl (C=O) groups is 2. The summed E-state index contributed by atoms with van der Waals surface area (Å²) in [6, 6.07) is 16.3. The molecule has 2 aliphatic carbocycles. The van der Waals surface area contributed by atoms with Gasteiger partial charge in [0.05, 0.1) is 0 Å². The smallest absolute Gasteiger partial charge is 0.251 e. The van der Waals surface area contributed by atoms with Crippen LogP contribution in [0, 0.1) is 12.7 Å². The Morgan fingerprint density at radius 3 is 2.33 bits per heavy atom. The van der Waals surface area contributed by atoms with Crippen molar-refractivity contribution in [3.05, 3.63) is 83.4 Å². The summed E-state index contributed by atoms with van der Waals surface area (Å²) in [5, 5.41) is 15.7. The number of hydrogen-bond acceptors (Lipinski definition) is 6. The second-order valence-corrected chi connectivity index (χ2v) is 11.7. The topological polar surface area (TPSA) is 106 Å². The molecule has 2 saturated carbocycles. The zero-order chi connectivity index (χ0) is 29.8. The number of nitrogens with zero attached hydrogens (tertiary/aromatic N) is 5. The SMILES string of the molecule is Cc1ccc(-c2nnn(CC(=O)N(c3ccc(C4CCCCC4)cc3)[C@@H](C(=O)NC3CCCC3)c3ccc(F)cc3)n2)o1. The molecule has 9 nitrogen and oxygen atoms in total. The van der Waals surface area contributed by atoms with Crippen molar-refractivity contribution in [1.29, 1.82) is 0 Å². The van der Waals surface area contributed by atoms with Crippen molar-refractivity contribution in [2.75, 3.05) is 4.90 Å². The molecule has 224 valence electrons. The van der Waals surface area contributed by atoms with Crippen LogP contribution in [0.5, 0.6) is 0 Å². The maximum Gasteiger partial charge on any atom is 0.251 e. The number of nitrogens with one attached hydrogen (secondary N) is 1. The highest BCUT2D eigenvalue weighted by atomic mass is 19.1. The van der Waals surface area contributed by atoms with Crippen molar-refractivity contribution < 1.29 is 18.4 Å². The zero-order valence-corrected chi connectivity index (χ0v) is 24.4. The lowest BCUT2D eigenvalue weighted by molar-refractivity contribution is -0.127. The van der Waals surface area contributed by atoms with Crippen LogP contribution < -0.4 is 10.2 Å². The summed E-state index contributed by atoms with van der Waals surface area (Å²) < 4.78 is 19.6. The third-order valence-electron chi connectivity index (χ3n) is 8.60. The summed E-state index contributed by atoms with van der Waals surface area (Å²) in [4.78, 5) is 30.9. The van der Waals surface area contributed by atoms with Crippen LogP contribution in [0.25, 0.3) is 11.6 Å². The number of aromatic nitrogens is 4. The zero-order valence-electron chi connectivity index (χ0n) is 24.4. The number of benzene rings is 2. The highest BCUT2D eigenvalue weighted by Gasteiger charge is 2.35. The quantitative estimate of drug-likeness (QED) is 0.249. The average Bonchev–Trinajstić information content (AvgIpc) is 3.80. The van der Waals surface area contributed by atoms with Crippen LogP contribution in [0.15, 0.2) is 65.1 Å². The summed E-state index contributed by atoms with van der Waals surface area (Å²) in [7, 11) is 0. The summed E-state index contributed by atoms with van der Waals surface area (Å²) in [6.45, 7) is 1.56. The monoisotopic (exact) mass is 584 g/mol. The van der Waals surface area contributed by atoms with Crippen LogP contribution in [0.3, 0.4) is 0 Å².